The van der Waals surface area contributed by atoms with Gasteiger partial charge in [0.15, 0.2) is 0 Å². The molecular weight excluding hydrogens is 380 g/mol. The molecule has 1 aliphatic heterocycles. The van der Waals surface area contributed by atoms with Crippen molar-refractivity contribution < 1.29 is 14.4 Å². The van der Waals surface area contributed by atoms with Gasteiger partial charge in [-0.05, 0) is 36.4 Å². The summed E-state index contributed by atoms with van der Waals surface area (Å²) in [6, 6.07) is 13.4. The largest absolute Gasteiger partial charge is 0.366 e. The van der Waals surface area contributed by atoms with E-state index in [0.29, 0.717) is 48.0 Å². The van der Waals surface area contributed by atoms with Crippen molar-refractivity contribution in [2.24, 2.45) is 5.73 Å². The summed E-state index contributed by atoms with van der Waals surface area (Å²) in [6.45, 7) is 2.48. The maximum atomic E-state index is 12.6. The summed E-state index contributed by atoms with van der Waals surface area (Å²) in [6.07, 6.45) is 0. The number of nitrogens with two attached hydrogens (primary N) is 1. The Balaban J connectivity index is 1.50. The number of rotatable bonds is 5. The van der Waals surface area contributed by atoms with Crippen LogP contribution in [0.1, 0.15) is 20.7 Å². The van der Waals surface area contributed by atoms with Gasteiger partial charge in [0.25, 0.3) is 5.91 Å². The highest BCUT2D eigenvalue weighted by Crippen LogP contribution is 2.20. The molecule has 3 rings (SSSR count). The van der Waals surface area contributed by atoms with Crippen LogP contribution in [0, 0.1) is 0 Å². The maximum absolute atomic E-state index is 12.6. The van der Waals surface area contributed by atoms with Gasteiger partial charge in [-0.1, -0.05) is 23.7 Å². The fraction of sp³-hybridized carbons (Fsp3) is 0.250. The molecule has 146 valence electrons. The van der Waals surface area contributed by atoms with Crippen LogP contribution < -0.4 is 11.1 Å². The number of carbonyl (C=O) groups excluding carboxylic acids is 3. The zero-order valence-corrected chi connectivity index (χ0v) is 16.0. The van der Waals surface area contributed by atoms with E-state index in [1.165, 1.54) is 0 Å². The Morgan fingerprint density at radius 2 is 1.54 bits per heavy atom. The van der Waals surface area contributed by atoms with Crippen LogP contribution in [0.5, 0.6) is 0 Å². The number of nitrogens with zero attached hydrogens (tertiary/aromatic N) is 2. The molecule has 0 aliphatic carbocycles. The predicted molar refractivity (Wildman–Crippen MR) is 107 cm³/mol. The number of benzene rings is 2. The number of piperazine rings is 1. The molecule has 1 fully saturated rings. The van der Waals surface area contributed by atoms with Gasteiger partial charge in [0, 0.05) is 37.3 Å². The average molecular weight is 401 g/mol. The number of halogens is 1. The minimum Gasteiger partial charge on any atom is -0.366 e. The fourth-order valence-electron chi connectivity index (χ4n) is 3.02. The standard InChI is InChI=1S/C20H21ClN4O3/c21-16-3-1-2-4-17(16)23-18(26)13-24-9-11-25(12-10-24)20(28)15-7-5-14(6-8-15)19(22)27/h1-8H,9-13H2,(H2,22,27)(H,23,26). The van der Waals surface area contributed by atoms with E-state index in [2.05, 4.69) is 5.32 Å². The SMILES string of the molecule is NC(=O)c1ccc(C(=O)N2CCN(CC(=O)Nc3ccccc3Cl)CC2)cc1. The number of nitrogens with one attached hydrogen (secondary N) is 1. The molecule has 1 aliphatic rings. The highest BCUT2D eigenvalue weighted by molar-refractivity contribution is 6.33. The van der Waals surface area contributed by atoms with Gasteiger partial charge in [-0.25, -0.2) is 0 Å². The minimum atomic E-state index is -0.525. The number of carbonyl (C=O) groups is 3. The van der Waals surface area contributed by atoms with Crippen LogP contribution in [0.2, 0.25) is 5.02 Å². The normalized spacial score (nSPS) is 14.5. The molecule has 0 bridgehead atoms. The summed E-state index contributed by atoms with van der Waals surface area (Å²) in [4.78, 5) is 39.7. The number of para-hydroxylation sites is 1. The first kappa shape index (κ1) is 19.9. The van der Waals surface area contributed by atoms with Crippen molar-refractivity contribution in [3.63, 3.8) is 0 Å². The lowest BCUT2D eigenvalue weighted by molar-refractivity contribution is -0.117. The van der Waals surface area contributed by atoms with Crippen LogP contribution in [0.15, 0.2) is 48.5 Å². The molecule has 0 aromatic heterocycles. The van der Waals surface area contributed by atoms with E-state index >= 15 is 0 Å². The zero-order valence-electron chi connectivity index (χ0n) is 15.2. The van der Waals surface area contributed by atoms with Crippen LogP contribution in [0.3, 0.4) is 0 Å². The molecule has 0 unspecified atom stereocenters. The number of primary amides is 1. The van der Waals surface area contributed by atoms with Gasteiger partial charge in [-0.15, -0.1) is 0 Å². The summed E-state index contributed by atoms with van der Waals surface area (Å²) in [7, 11) is 0. The van der Waals surface area contributed by atoms with E-state index in [1.54, 1.807) is 47.4 Å². The molecule has 3 amide bonds. The molecule has 0 saturated carbocycles. The van der Waals surface area contributed by atoms with E-state index in [9.17, 15) is 14.4 Å². The summed E-state index contributed by atoms with van der Waals surface area (Å²) < 4.78 is 0. The predicted octanol–water partition coefficient (Wildman–Crippen LogP) is 1.84. The Morgan fingerprint density at radius 3 is 2.14 bits per heavy atom. The van der Waals surface area contributed by atoms with Crippen LogP contribution in [-0.4, -0.2) is 60.2 Å². The van der Waals surface area contributed by atoms with Gasteiger partial charge >= 0.3 is 0 Å². The molecular formula is C20H21ClN4O3. The molecule has 0 atom stereocenters. The van der Waals surface area contributed by atoms with E-state index in [1.807, 2.05) is 11.0 Å². The third kappa shape index (κ3) is 4.88. The summed E-state index contributed by atoms with van der Waals surface area (Å²) >= 11 is 6.05. The van der Waals surface area contributed by atoms with Crippen LogP contribution >= 0.6 is 11.6 Å². The Labute approximate surface area is 168 Å². The van der Waals surface area contributed by atoms with E-state index in [4.69, 9.17) is 17.3 Å². The van der Waals surface area contributed by atoms with Crippen LogP contribution in [0.4, 0.5) is 5.69 Å². The minimum absolute atomic E-state index is 0.101. The fourth-order valence-corrected chi connectivity index (χ4v) is 3.21. The van der Waals surface area contributed by atoms with E-state index in [-0.39, 0.29) is 18.4 Å². The molecule has 7 nitrogen and oxygen atoms in total. The smallest absolute Gasteiger partial charge is 0.253 e. The first-order chi connectivity index (χ1) is 13.4. The summed E-state index contributed by atoms with van der Waals surface area (Å²) in [5.74, 6) is -0.770. The molecule has 0 spiro atoms. The van der Waals surface area contributed by atoms with Crippen LogP contribution in [0.25, 0.3) is 0 Å². The zero-order chi connectivity index (χ0) is 20.1. The van der Waals surface area contributed by atoms with Gasteiger partial charge < -0.3 is 16.0 Å². The summed E-state index contributed by atoms with van der Waals surface area (Å²) in [5.41, 5.74) is 6.68. The molecule has 3 N–H and O–H groups in total. The molecule has 8 heteroatoms. The van der Waals surface area contributed by atoms with Crippen molar-refractivity contribution >= 4 is 35.0 Å². The lowest BCUT2D eigenvalue weighted by Gasteiger charge is -2.34. The quantitative estimate of drug-likeness (QED) is 0.800. The Morgan fingerprint density at radius 1 is 0.929 bits per heavy atom. The number of anilines is 1. The van der Waals surface area contributed by atoms with Crippen molar-refractivity contribution in [3.8, 4) is 0 Å². The number of hydrogen-bond acceptors (Lipinski definition) is 4. The highest BCUT2D eigenvalue weighted by atomic mass is 35.5. The van der Waals surface area contributed by atoms with Crippen LogP contribution in [-0.2, 0) is 4.79 Å². The van der Waals surface area contributed by atoms with Crippen molar-refractivity contribution in [2.75, 3.05) is 38.0 Å². The average Bonchev–Trinajstić information content (AvgIpc) is 2.70. The second-order valence-corrected chi connectivity index (χ2v) is 6.95. The Kier molecular flexibility index (Phi) is 6.28. The number of amides is 3. The topological polar surface area (TPSA) is 95.7 Å². The third-order valence-electron chi connectivity index (χ3n) is 4.59. The van der Waals surface area contributed by atoms with E-state index in [0.717, 1.165) is 0 Å². The molecule has 1 heterocycles. The molecule has 1 saturated heterocycles. The lowest BCUT2D eigenvalue weighted by atomic mass is 10.1. The van der Waals surface area contributed by atoms with Crippen molar-refractivity contribution in [3.05, 3.63) is 64.7 Å². The first-order valence-corrected chi connectivity index (χ1v) is 9.28. The third-order valence-corrected chi connectivity index (χ3v) is 4.92. The first-order valence-electron chi connectivity index (χ1n) is 8.90. The Bertz CT molecular complexity index is 877. The van der Waals surface area contributed by atoms with Gasteiger partial charge in [0.2, 0.25) is 11.8 Å². The Hall–Kier alpha value is -2.90. The van der Waals surface area contributed by atoms with Crippen molar-refractivity contribution in [1.29, 1.82) is 0 Å². The van der Waals surface area contributed by atoms with Gasteiger partial charge in [0.1, 0.15) is 0 Å². The molecule has 2 aromatic rings. The second kappa shape index (κ2) is 8.86. The van der Waals surface area contributed by atoms with Gasteiger partial charge in [-0.2, -0.15) is 0 Å². The maximum Gasteiger partial charge on any atom is 0.253 e. The van der Waals surface area contributed by atoms with Crippen molar-refractivity contribution in [2.45, 2.75) is 0 Å². The van der Waals surface area contributed by atoms with Gasteiger partial charge in [-0.3, -0.25) is 19.3 Å². The van der Waals surface area contributed by atoms with Gasteiger partial charge in [0.05, 0.1) is 17.3 Å². The van der Waals surface area contributed by atoms with Crippen molar-refractivity contribution in [1.82, 2.24) is 9.80 Å². The second-order valence-electron chi connectivity index (χ2n) is 6.54. The molecule has 0 radical (unpaired) electrons. The monoisotopic (exact) mass is 400 g/mol. The lowest BCUT2D eigenvalue weighted by Crippen LogP contribution is -2.50. The summed E-state index contributed by atoms with van der Waals surface area (Å²) in [5, 5.41) is 3.29. The number of hydrogen-bond donors (Lipinski definition) is 2. The molecule has 2 aromatic carbocycles. The molecule has 28 heavy (non-hydrogen) atoms. The highest BCUT2D eigenvalue weighted by Gasteiger charge is 2.23. The van der Waals surface area contributed by atoms with E-state index < -0.39 is 5.91 Å².